The number of aryl methyl sites for hydroxylation is 1. The quantitative estimate of drug-likeness (QED) is 0.938. The smallest absolute Gasteiger partial charge is 0.159 e. The first-order valence-electron chi connectivity index (χ1n) is 6.56. The van der Waals surface area contributed by atoms with Crippen molar-refractivity contribution in [2.45, 2.75) is 37.9 Å². The van der Waals surface area contributed by atoms with Crippen LogP contribution in [0.2, 0.25) is 0 Å². The molecule has 1 aromatic heterocycles. The minimum atomic E-state index is -3.40. The third kappa shape index (κ3) is 2.99. The molecule has 0 spiro atoms. The maximum absolute atomic E-state index is 12.3. The number of aliphatic hydroxyl groups is 1. The zero-order valence-corrected chi connectivity index (χ0v) is 12.7. The van der Waals surface area contributed by atoms with Gasteiger partial charge in [-0.2, -0.15) is 0 Å². The highest BCUT2D eigenvalue weighted by Crippen LogP contribution is 2.22. The molecule has 4 nitrogen and oxygen atoms in total. The first-order chi connectivity index (χ1) is 9.31. The van der Waals surface area contributed by atoms with Crippen LogP contribution in [-0.2, 0) is 15.6 Å². The van der Waals surface area contributed by atoms with Crippen LogP contribution in [0.15, 0.2) is 30.3 Å². The number of pyridine rings is 1. The van der Waals surface area contributed by atoms with E-state index in [-0.39, 0.29) is 5.75 Å². The van der Waals surface area contributed by atoms with Crippen LogP contribution in [-0.4, -0.2) is 29.9 Å². The summed E-state index contributed by atoms with van der Waals surface area (Å²) < 4.78 is 24.6. The maximum Gasteiger partial charge on any atom is 0.159 e. The minimum absolute atomic E-state index is 0.0804. The van der Waals surface area contributed by atoms with E-state index in [1.54, 1.807) is 6.07 Å². The highest BCUT2D eigenvalue weighted by atomic mass is 32.2. The molecule has 0 aliphatic carbocycles. The molecule has 0 saturated heterocycles. The molecule has 2 atom stereocenters. The monoisotopic (exact) mass is 293 g/mol. The average Bonchev–Trinajstić information content (AvgIpc) is 2.37. The maximum atomic E-state index is 12.3. The number of para-hydroxylation sites is 1. The zero-order chi connectivity index (χ0) is 14.9. The molecule has 0 bridgehead atoms. The molecule has 0 aliphatic heterocycles. The van der Waals surface area contributed by atoms with Gasteiger partial charge in [0.1, 0.15) is 0 Å². The van der Waals surface area contributed by atoms with Crippen LogP contribution in [0.4, 0.5) is 0 Å². The second kappa shape index (κ2) is 5.50. The summed E-state index contributed by atoms with van der Waals surface area (Å²) in [5, 5.41) is 9.57. The van der Waals surface area contributed by atoms with Crippen LogP contribution >= 0.6 is 0 Å². The minimum Gasteiger partial charge on any atom is -0.392 e. The summed E-state index contributed by atoms with van der Waals surface area (Å²) in [6, 6.07) is 9.30. The Bertz CT molecular complexity index is 723. The number of nitrogens with zero attached hydrogens (tertiary/aromatic N) is 1. The van der Waals surface area contributed by atoms with Crippen molar-refractivity contribution in [3.05, 3.63) is 41.6 Å². The third-order valence-corrected chi connectivity index (χ3v) is 5.77. The van der Waals surface area contributed by atoms with Crippen molar-refractivity contribution in [2.24, 2.45) is 0 Å². The molecule has 0 unspecified atom stereocenters. The fraction of sp³-hybridized carbons (Fsp3) is 0.400. The van der Waals surface area contributed by atoms with Gasteiger partial charge in [-0.05, 0) is 38.5 Å². The summed E-state index contributed by atoms with van der Waals surface area (Å²) >= 11 is 0. The Balaban J connectivity index is 2.49. The van der Waals surface area contributed by atoms with E-state index in [2.05, 4.69) is 4.98 Å². The average molecular weight is 293 g/mol. The third-order valence-electron chi connectivity index (χ3n) is 3.53. The Morgan fingerprint density at radius 3 is 2.55 bits per heavy atom. The van der Waals surface area contributed by atoms with Crippen LogP contribution < -0.4 is 0 Å². The largest absolute Gasteiger partial charge is 0.392 e. The van der Waals surface area contributed by atoms with E-state index in [1.807, 2.05) is 31.2 Å². The van der Waals surface area contributed by atoms with Gasteiger partial charge in [0.2, 0.25) is 0 Å². The Hall–Kier alpha value is -1.46. The fourth-order valence-corrected chi connectivity index (χ4v) is 3.70. The number of hydrogen-bond donors (Lipinski definition) is 1. The topological polar surface area (TPSA) is 67.3 Å². The van der Waals surface area contributed by atoms with Crippen molar-refractivity contribution in [2.75, 3.05) is 0 Å². The highest BCUT2D eigenvalue weighted by Gasteiger charge is 2.26. The summed E-state index contributed by atoms with van der Waals surface area (Å²) in [5.41, 5.74) is 2.32. The van der Waals surface area contributed by atoms with Crippen LogP contribution in [0.3, 0.4) is 0 Å². The lowest BCUT2D eigenvalue weighted by molar-refractivity contribution is 0.193. The summed E-state index contributed by atoms with van der Waals surface area (Å²) in [6.07, 6.45) is -0.880. The van der Waals surface area contributed by atoms with E-state index in [4.69, 9.17) is 0 Å². The molecule has 5 heteroatoms. The van der Waals surface area contributed by atoms with Crippen molar-refractivity contribution in [3.8, 4) is 0 Å². The van der Waals surface area contributed by atoms with Crippen molar-refractivity contribution in [3.63, 3.8) is 0 Å². The van der Waals surface area contributed by atoms with Gasteiger partial charge in [-0.1, -0.05) is 18.2 Å². The van der Waals surface area contributed by atoms with E-state index < -0.39 is 21.2 Å². The molecule has 2 rings (SSSR count). The molecule has 0 fully saturated rings. The normalized spacial score (nSPS) is 15.2. The molecule has 1 N–H and O–H groups in total. The van der Waals surface area contributed by atoms with Gasteiger partial charge in [-0.15, -0.1) is 0 Å². The van der Waals surface area contributed by atoms with Gasteiger partial charge in [-0.25, -0.2) is 8.42 Å². The summed E-state index contributed by atoms with van der Waals surface area (Å²) in [6.45, 7) is 4.88. The van der Waals surface area contributed by atoms with E-state index in [0.29, 0.717) is 0 Å². The van der Waals surface area contributed by atoms with E-state index in [0.717, 1.165) is 22.2 Å². The molecule has 0 aliphatic rings. The van der Waals surface area contributed by atoms with Crippen molar-refractivity contribution >= 4 is 20.7 Å². The molecule has 108 valence electrons. The van der Waals surface area contributed by atoms with Crippen LogP contribution in [0.25, 0.3) is 10.9 Å². The molecule has 20 heavy (non-hydrogen) atoms. The number of benzene rings is 1. The number of hydrogen-bond acceptors (Lipinski definition) is 4. The van der Waals surface area contributed by atoms with Crippen molar-refractivity contribution in [1.29, 1.82) is 0 Å². The first-order valence-corrected chi connectivity index (χ1v) is 8.27. The zero-order valence-electron chi connectivity index (χ0n) is 11.9. The first kappa shape index (κ1) is 14.9. The Morgan fingerprint density at radius 2 is 1.90 bits per heavy atom. The second-order valence-electron chi connectivity index (χ2n) is 5.19. The number of aromatic nitrogens is 1. The van der Waals surface area contributed by atoms with Gasteiger partial charge in [0.05, 0.1) is 22.6 Å². The van der Waals surface area contributed by atoms with E-state index >= 15 is 0 Å². The fourth-order valence-electron chi connectivity index (χ4n) is 2.16. The lowest BCUT2D eigenvalue weighted by atomic mass is 10.1. The van der Waals surface area contributed by atoms with Gasteiger partial charge in [-0.3, -0.25) is 4.98 Å². The lowest BCUT2D eigenvalue weighted by Crippen LogP contribution is -2.30. The van der Waals surface area contributed by atoms with Gasteiger partial charge in [0.15, 0.2) is 9.84 Å². The molecule has 0 saturated carbocycles. The molecular weight excluding hydrogens is 274 g/mol. The predicted molar refractivity (Wildman–Crippen MR) is 80.2 cm³/mol. The Morgan fingerprint density at radius 1 is 1.25 bits per heavy atom. The SMILES string of the molecule is Cc1cc(CS(=O)(=O)[C@H](C)[C@@H](C)O)c2ccccc2n1. The summed E-state index contributed by atoms with van der Waals surface area (Å²) in [7, 11) is -3.40. The van der Waals surface area contributed by atoms with E-state index in [1.165, 1.54) is 13.8 Å². The number of rotatable bonds is 4. The molecule has 0 radical (unpaired) electrons. The van der Waals surface area contributed by atoms with Crippen molar-refractivity contribution < 1.29 is 13.5 Å². The second-order valence-corrected chi connectivity index (χ2v) is 7.55. The van der Waals surface area contributed by atoms with Gasteiger partial charge in [0.25, 0.3) is 0 Å². The van der Waals surface area contributed by atoms with Crippen LogP contribution in [0, 0.1) is 6.92 Å². The van der Waals surface area contributed by atoms with Gasteiger partial charge in [0, 0.05) is 11.1 Å². The Labute approximate surface area is 119 Å². The number of fused-ring (bicyclic) bond motifs is 1. The lowest BCUT2D eigenvalue weighted by Gasteiger charge is -2.16. The summed E-state index contributed by atoms with van der Waals surface area (Å²) in [5.74, 6) is -0.0804. The standard InChI is InChI=1S/C15H19NO3S/c1-10-8-13(9-20(18,19)12(3)11(2)17)14-6-4-5-7-15(14)16-10/h4-8,11-12,17H,9H2,1-3H3/t11-,12-/m1/s1. The molecule has 0 amide bonds. The van der Waals surface area contributed by atoms with Crippen molar-refractivity contribution in [1.82, 2.24) is 4.98 Å². The molecule has 2 aromatic rings. The molecule has 1 heterocycles. The van der Waals surface area contributed by atoms with E-state index in [9.17, 15) is 13.5 Å². The summed E-state index contributed by atoms with van der Waals surface area (Å²) in [4.78, 5) is 4.40. The Kier molecular flexibility index (Phi) is 4.11. The number of aliphatic hydroxyl groups excluding tert-OH is 1. The predicted octanol–water partition coefficient (Wildman–Crippen LogP) is 2.23. The number of sulfone groups is 1. The van der Waals surface area contributed by atoms with Gasteiger partial charge < -0.3 is 5.11 Å². The van der Waals surface area contributed by atoms with Gasteiger partial charge >= 0.3 is 0 Å². The van der Waals surface area contributed by atoms with Crippen LogP contribution in [0.5, 0.6) is 0 Å². The molecule has 1 aromatic carbocycles. The molecular formula is C15H19NO3S. The highest BCUT2D eigenvalue weighted by molar-refractivity contribution is 7.91. The van der Waals surface area contributed by atoms with Crippen LogP contribution in [0.1, 0.15) is 25.1 Å².